The number of rotatable bonds is 7. The van der Waals surface area contributed by atoms with Crippen LogP contribution in [0, 0.1) is 0 Å². The zero-order valence-corrected chi connectivity index (χ0v) is 13.9. The van der Waals surface area contributed by atoms with E-state index in [1.807, 2.05) is 24.3 Å². The topological polar surface area (TPSA) is 107 Å². The van der Waals surface area contributed by atoms with Crippen molar-refractivity contribution in [2.75, 3.05) is 22.5 Å². The number of carbonyl (C=O) groups excluding carboxylic acids is 1. The van der Waals surface area contributed by atoms with Crippen molar-refractivity contribution in [1.82, 2.24) is 9.97 Å². The van der Waals surface area contributed by atoms with Crippen molar-refractivity contribution in [3.05, 3.63) is 35.9 Å². The molecule has 6 nitrogen and oxygen atoms in total. The number of aromatic nitrogens is 2. The third-order valence-electron chi connectivity index (χ3n) is 3.13. The van der Waals surface area contributed by atoms with Gasteiger partial charge in [-0.2, -0.15) is 0 Å². The molecule has 2 rings (SSSR count). The van der Waals surface area contributed by atoms with Crippen molar-refractivity contribution in [2.24, 2.45) is 0 Å². The Hall–Kier alpha value is -2.28. The van der Waals surface area contributed by atoms with Gasteiger partial charge in [-0.3, -0.25) is 4.79 Å². The quantitative estimate of drug-likeness (QED) is 0.532. The van der Waals surface area contributed by atoms with Crippen LogP contribution in [0.5, 0.6) is 0 Å². The lowest BCUT2D eigenvalue weighted by molar-refractivity contribution is -0.113. The number of carbonyl (C=O) groups is 1. The number of nitrogens with zero attached hydrogens (tertiary/aromatic N) is 2. The van der Waals surface area contributed by atoms with E-state index in [1.165, 1.54) is 36.2 Å². The molecule has 0 unspecified atom stereocenters. The minimum Gasteiger partial charge on any atom is -0.383 e. The largest absolute Gasteiger partial charge is 0.383 e. The minimum absolute atomic E-state index is 0.124. The summed E-state index contributed by atoms with van der Waals surface area (Å²) in [5.41, 5.74) is 13.2. The van der Waals surface area contributed by atoms with Crippen molar-refractivity contribution in [3.8, 4) is 0 Å². The summed E-state index contributed by atoms with van der Waals surface area (Å²) in [6.07, 6.45) is 3.41. The average molecular weight is 331 g/mol. The molecule has 0 aliphatic heterocycles. The summed E-state index contributed by atoms with van der Waals surface area (Å²) in [4.78, 5) is 20.0. The molecule has 1 aromatic heterocycles. The fourth-order valence-electron chi connectivity index (χ4n) is 1.99. The molecule has 122 valence electrons. The Labute approximate surface area is 140 Å². The van der Waals surface area contributed by atoms with Gasteiger partial charge in [0.1, 0.15) is 11.6 Å². The lowest BCUT2D eigenvalue weighted by Crippen LogP contribution is -2.14. The average Bonchev–Trinajstić information content (AvgIpc) is 2.51. The third-order valence-corrected chi connectivity index (χ3v) is 3.98. The van der Waals surface area contributed by atoms with Gasteiger partial charge in [-0.15, -0.1) is 0 Å². The fourth-order valence-corrected chi connectivity index (χ4v) is 2.66. The highest BCUT2D eigenvalue weighted by atomic mass is 32.2. The second-order valence-electron chi connectivity index (χ2n) is 5.14. The van der Waals surface area contributed by atoms with Crippen LogP contribution in [0.2, 0.25) is 0 Å². The summed E-state index contributed by atoms with van der Waals surface area (Å²) in [6.45, 7) is 2.17. The van der Waals surface area contributed by atoms with Gasteiger partial charge >= 0.3 is 0 Å². The molecule has 2 aromatic rings. The number of nitrogen functional groups attached to an aromatic ring is 2. The van der Waals surface area contributed by atoms with Gasteiger partial charge in [0.25, 0.3) is 0 Å². The SMILES string of the molecule is CCCCc1ccc(NC(=O)CSc2nc(N)cc(N)n2)cc1. The Balaban J connectivity index is 1.84. The molecule has 0 aliphatic carbocycles. The van der Waals surface area contributed by atoms with Gasteiger partial charge in [-0.1, -0.05) is 37.2 Å². The number of nitrogens with two attached hydrogens (primary N) is 2. The number of nitrogens with one attached hydrogen (secondary N) is 1. The lowest BCUT2D eigenvalue weighted by Gasteiger charge is -2.06. The summed E-state index contributed by atoms with van der Waals surface area (Å²) in [7, 11) is 0. The molecular weight excluding hydrogens is 310 g/mol. The molecule has 1 amide bonds. The molecule has 0 radical (unpaired) electrons. The maximum absolute atomic E-state index is 12.0. The smallest absolute Gasteiger partial charge is 0.234 e. The van der Waals surface area contributed by atoms with Crippen molar-refractivity contribution in [2.45, 2.75) is 31.3 Å². The molecular formula is C16H21N5OS. The predicted molar refractivity (Wildman–Crippen MR) is 95.3 cm³/mol. The highest BCUT2D eigenvalue weighted by Gasteiger charge is 2.07. The maximum Gasteiger partial charge on any atom is 0.234 e. The van der Waals surface area contributed by atoms with E-state index < -0.39 is 0 Å². The van der Waals surface area contributed by atoms with E-state index in [1.54, 1.807) is 0 Å². The number of anilines is 3. The molecule has 0 saturated carbocycles. The molecule has 5 N–H and O–H groups in total. The van der Waals surface area contributed by atoms with Crippen LogP contribution in [0.3, 0.4) is 0 Å². The number of unbranched alkanes of at least 4 members (excludes halogenated alkanes) is 1. The van der Waals surface area contributed by atoms with E-state index in [0.717, 1.165) is 12.1 Å². The van der Waals surface area contributed by atoms with Crippen molar-refractivity contribution < 1.29 is 4.79 Å². The van der Waals surface area contributed by atoms with Crippen LogP contribution >= 0.6 is 11.8 Å². The van der Waals surface area contributed by atoms with Gasteiger partial charge < -0.3 is 16.8 Å². The Morgan fingerprint density at radius 2 is 1.83 bits per heavy atom. The first kappa shape index (κ1) is 17.1. The number of hydrogen-bond acceptors (Lipinski definition) is 6. The predicted octanol–water partition coefficient (Wildman–Crippen LogP) is 2.71. The number of aryl methyl sites for hydroxylation is 1. The molecule has 1 aromatic carbocycles. The first-order valence-electron chi connectivity index (χ1n) is 7.48. The van der Waals surface area contributed by atoms with Crippen LogP contribution in [0.4, 0.5) is 17.3 Å². The van der Waals surface area contributed by atoms with Crippen molar-refractivity contribution >= 4 is 35.0 Å². The molecule has 0 aliphatic rings. The molecule has 0 bridgehead atoms. The lowest BCUT2D eigenvalue weighted by atomic mass is 10.1. The summed E-state index contributed by atoms with van der Waals surface area (Å²) in [5, 5.41) is 3.24. The molecule has 7 heteroatoms. The Morgan fingerprint density at radius 3 is 2.43 bits per heavy atom. The molecule has 1 heterocycles. The summed E-state index contributed by atoms with van der Waals surface area (Å²) >= 11 is 1.20. The van der Waals surface area contributed by atoms with Gasteiger partial charge in [-0.25, -0.2) is 9.97 Å². The Morgan fingerprint density at radius 1 is 1.17 bits per heavy atom. The van der Waals surface area contributed by atoms with Crippen LogP contribution in [-0.4, -0.2) is 21.6 Å². The summed E-state index contributed by atoms with van der Waals surface area (Å²) in [6, 6.07) is 9.40. The third kappa shape index (κ3) is 5.78. The normalized spacial score (nSPS) is 10.5. The molecule has 23 heavy (non-hydrogen) atoms. The van der Waals surface area contributed by atoms with E-state index in [4.69, 9.17) is 11.5 Å². The van der Waals surface area contributed by atoms with Gasteiger partial charge in [-0.05, 0) is 30.5 Å². The summed E-state index contributed by atoms with van der Waals surface area (Å²) in [5.74, 6) is 0.660. The second kappa shape index (κ2) is 8.38. The Bertz CT molecular complexity index is 640. The highest BCUT2D eigenvalue weighted by molar-refractivity contribution is 7.99. The van der Waals surface area contributed by atoms with Gasteiger partial charge in [0.15, 0.2) is 5.16 Å². The fraction of sp³-hybridized carbons (Fsp3) is 0.312. The van der Waals surface area contributed by atoms with E-state index >= 15 is 0 Å². The summed E-state index contributed by atoms with van der Waals surface area (Å²) < 4.78 is 0. The zero-order chi connectivity index (χ0) is 16.7. The van der Waals surface area contributed by atoms with E-state index in [2.05, 4.69) is 22.2 Å². The monoisotopic (exact) mass is 331 g/mol. The van der Waals surface area contributed by atoms with E-state index in [0.29, 0.717) is 16.8 Å². The number of amides is 1. The maximum atomic E-state index is 12.0. The standard InChI is InChI=1S/C16H21N5OS/c1-2-3-4-11-5-7-12(8-6-11)19-15(22)10-23-16-20-13(17)9-14(18)21-16/h5-9H,2-4,10H2,1H3,(H,19,22)(H4,17,18,20,21). The van der Waals surface area contributed by atoms with Crippen LogP contribution in [0.1, 0.15) is 25.3 Å². The van der Waals surface area contributed by atoms with Crippen LogP contribution < -0.4 is 16.8 Å². The number of hydrogen-bond donors (Lipinski definition) is 3. The molecule has 0 saturated heterocycles. The van der Waals surface area contributed by atoms with E-state index in [-0.39, 0.29) is 11.7 Å². The Kier molecular flexibility index (Phi) is 6.22. The molecule has 0 atom stereocenters. The minimum atomic E-state index is -0.124. The van der Waals surface area contributed by atoms with Crippen molar-refractivity contribution in [3.63, 3.8) is 0 Å². The van der Waals surface area contributed by atoms with Gasteiger partial charge in [0.2, 0.25) is 5.91 Å². The van der Waals surface area contributed by atoms with Crippen molar-refractivity contribution in [1.29, 1.82) is 0 Å². The second-order valence-corrected chi connectivity index (χ2v) is 6.08. The number of thioether (sulfide) groups is 1. The van der Waals surface area contributed by atoms with Crippen LogP contribution in [-0.2, 0) is 11.2 Å². The van der Waals surface area contributed by atoms with E-state index in [9.17, 15) is 4.79 Å². The number of benzene rings is 1. The first-order chi connectivity index (χ1) is 11.1. The van der Waals surface area contributed by atoms with Crippen LogP contribution in [0.15, 0.2) is 35.5 Å². The van der Waals surface area contributed by atoms with Gasteiger partial charge in [0.05, 0.1) is 5.75 Å². The van der Waals surface area contributed by atoms with Gasteiger partial charge in [0, 0.05) is 11.8 Å². The highest BCUT2D eigenvalue weighted by Crippen LogP contribution is 2.17. The van der Waals surface area contributed by atoms with Crippen LogP contribution in [0.25, 0.3) is 0 Å². The molecule has 0 fully saturated rings. The molecule has 0 spiro atoms. The zero-order valence-electron chi connectivity index (χ0n) is 13.1. The first-order valence-corrected chi connectivity index (χ1v) is 8.47.